The van der Waals surface area contributed by atoms with E-state index in [0.717, 1.165) is 95.9 Å². The molecular weight excluding hydrogens is 590 g/mol. The van der Waals surface area contributed by atoms with Gasteiger partial charge in [0.1, 0.15) is 5.75 Å². The van der Waals surface area contributed by atoms with Crippen LogP contribution in [0.25, 0.3) is 0 Å². The zero-order valence-corrected chi connectivity index (χ0v) is 27.1. The Hall–Kier alpha value is -3.44. The van der Waals surface area contributed by atoms with E-state index in [1.807, 2.05) is 0 Å². The lowest BCUT2D eigenvalue weighted by molar-refractivity contribution is 0.0640. The lowest BCUT2D eigenvalue weighted by Crippen LogP contribution is -2.48. The molecular formula is C35H45N3O6S. The van der Waals surface area contributed by atoms with Crippen LogP contribution in [0.4, 0.5) is 0 Å². The maximum Gasteiger partial charge on any atom is 0.206 e. The van der Waals surface area contributed by atoms with E-state index in [4.69, 9.17) is 4.74 Å². The number of Topliss-reactive ketones (excluding diaryl/α,β-unsaturated/α-hetero) is 1. The van der Waals surface area contributed by atoms with Gasteiger partial charge in [-0.3, -0.25) is 9.69 Å². The van der Waals surface area contributed by atoms with Gasteiger partial charge in [0.05, 0.1) is 16.4 Å². The first-order valence-corrected chi connectivity index (χ1v) is 17.3. The van der Waals surface area contributed by atoms with Gasteiger partial charge >= 0.3 is 0 Å². The highest BCUT2D eigenvalue weighted by atomic mass is 32.2. The normalized spacial score (nSPS) is 17.5. The minimum Gasteiger partial charge on any atom is -0.504 e. The number of benzene rings is 3. The van der Waals surface area contributed by atoms with Crippen LogP contribution in [0.3, 0.4) is 0 Å². The number of piperidine rings is 2. The summed E-state index contributed by atoms with van der Waals surface area (Å²) in [5, 5.41) is 19.2. The summed E-state index contributed by atoms with van der Waals surface area (Å²) >= 11 is 0. The Morgan fingerprint density at radius 2 is 1.49 bits per heavy atom. The minimum atomic E-state index is -3.89. The van der Waals surface area contributed by atoms with Crippen molar-refractivity contribution in [3.05, 3.63) is 77.9 Å². The van der Waals surface area contributed by atoms with E-state index in [-0.39, 0.29) is 27.2 Å². The van der Waals surface area contributed by atoms with E-state index in [2.05, 4.69) is 53.1 Å². The van der Waals surface area contributed by atoms with Crippen LogP contribution in [-0.2, 0) is 16.4 Å². The number of phenolic OH excluding ortho intramolecular Hbond substituents is 2. The molecule has 2 saturated heterocycles. The summed E-state index contributed by atoms with van der Waals surface area (Å²) in [5.74, 6) is 0.0219. The summed E-state index contributed by atoms with van der Waals surface area (Å²) in [7, 11) is 0.249. The molecule has 3 aromatic rings. The first kappa shape index (κ1) is 32.9. The van der Waals surface area contributed by atoms with Crippen molar-refractivity contribution in [3.63, 3.8) is 0 Å². The number of hydrogen-bond donors (Lipinski definition) is 2. The Labute approximate surface area is 267 Å². The van der Waals surface area contributed by atoms with Crippen molar-refractivity contribution < 1.29 is 28.2 Å². The van der Waals surface area contributed by atoms with Crippen molar-refractivity contribution in [2.75, 3.05) is 53.4 Å². The van der Waals surface area contributed by atoms with Crippen LogP contribution in [-0.4, -0.2) is 98.6 Å². The van der Waals surface area contributed by atoms with Crippen LogP contribution in [0.15, 0.2) is 76.5 Å². The summed E-state index contributed by atoms with van der Waals surface area (Å²) < 4.78 is 31.8. The van der Waals surface area contributed by atoms with Crippen molar-refractivity contribution in [2.45, 2.75) is 54.5 Å². The molecule has 242 valence electrons. The Morgan fingerprint density at radius 3 is 2.11 bits per heavy atom. The Bertz CT molecular complexity index is 1530. The van der Waals surface area contributed by atoms with Gasteiger partial charge in [-0.15, -0.1) is 0 Å². The second kappa shape index (κ2) is 14.8. The third-order valence-electron chi connectivity index (χ3n) is 9.03. The minimum absolute atomic E-state index is 0.0301. The Kier molecular flexibility index (Phi) is 10.8. The van der Waals surface area contributed by atoms with E-state index < -0.39 is 15.6 Å². The van der Waals surface area contributed by atoms with E-state index >= 15 is 0 Å². The number of ether oxygens (including phenoxy) is 1. The molecule has 0 spiro atoms. The highest BCUT2D eigenvalue weighted by Gasteiger charge is 2.31. The fourth-order valence-corrected chi connectivity index (χ4v) is 7.61. The predicted molar refractivity (Wildman–Crippen MR) is 174 cm³/mol. The number of sulfone groups is 1. The number of nitrogens with zero attached hydrogens (tertiary/aromatic N) is 3. The van der Waals surface area contributed by atoms with Crippen LogP contribution in [0.5, 0.6) is 17.2 Å². The molecule has 2 aliphatic rings. The first-order chi connectivity index (χ1) is 21.6. The maximum atomic E-state index is 13.3. The number of likely N-dealkylation sites (tertiary alicyclic amines) is 2. The van der Waals surface area contributed by atoms with E-state index in [9.17, 15) is 23.4 Å². The second-order valence-electron chi connectivity index (χ2n) is 12.5. The third kappa shape index (κ3) is 8.43. The van der Waals surface area contributed by atoms with Gasteiger partial charge in [0.2, 0.25) is 9.84 Å². The molecule has 10 heteroatoms. The fraction of sp³-hybridized carbons (Fsp3) is 0.457. The van der Waals surface area contributed by atoms with E-state index in [1.54, 1.807) is 12.1 Å². The van der Waals surface area contributed by atoms with Crippen molar-refractivity contribution in [1.29, 1.82) is 0 Å². The molecule has 2 heterocycles. The van der Waals surface area contributed by atoms with Crippen LogP contribution in [0.1, 0.15) is 48.0 Å². The van der Waals surface area contributed by atoms with Crippen molar-refractivity contribution >= 4 is 15.6 Å². The molecule has 2 N–H and O–H groups in total. The number of aromatic hydroxyl groups is 2. The average molecular weight is 636 g/mol. The monoisotopic (exact) mass is 635 g/mol. The molecule has 0 aliphatic carbocycles. The lowest BCUT2D eigenvalue weighted by atomic mass is 9.87. The van der Waals surface area contributed by atoms with Gasteiger partial charge < -0.3 is 24.7 Å². The van der Waals surface area contributed by atoms with Gasteiger partial charge in [-0.1, -0.05) is 24.3 Å². The number of hydrogen-bond acceptors (Lipinski definition) is 9. The summed E-state index contributed by atoms with van der Waals surface area (Å²) in [6.45, 7) is 6.61. The highest BCUT2D eigenvalue weighted by Crippen LogP contribution is 2.31. The summed E-state index contributed by atoms with van der Waals surface area (Å²) in [6.07, 6.45) is 4.86. The molecule has 2 fully saturated rings. The molecule has 45 heavy (non-hydrogen) atoms. The maximum absolute atomic E-state index is 13.3. The van der Waals surface area contributed by atoms with E-state index in [1.165, 1.54) is 23.8 Å². The molecule has 0 unspecified atom stereocenters. The van der Waals surface area contributed by atoms with E-state index in [0.29, 0.717) is 11.6 Å². The number of rotatable bonds is 12. The lowest BCUT2D eigenvalue weighted by Gasteiger charge is -2.41. The van der Waals surface area contributed by atoms with Gasteiger partial charge in [-0.05, 0) is 114 Å². The molecule has 9 nitrogen and oxygen atoms in total. The predicted octanol–water partition coefficient (Wildman–Crippen LogP) is 4.82. The van der Waals surface area contributed by atoms with Crippen LogP contribution >= 0.6 is 0 Å². The van der Waals surface area contributed by atoms with Crippen molar-refractivity contribution in [3.8, 4) is 17.2 Å². The van der Waals surface area contributed by atoms with Crippen LogP contribution < -0.4 is 4.74 Å². The largest absolute Gasteiger partial charge is 0.504 e. The summed E-state index contributed by atoms with van der Waals surface area (Å²) in [6, 6.07) is 18.4. The smallest absolute Gasteiger partial charge is 0.206 e. The van der Waals surface area contributed by atoms with Gasteiger partial charge in [0, 0.05) is 36.7 Å². The first-order valence-electron chi connectivity index (χ1n) is 15.8. The third-order valence-corrected chi connectivity index (χ3v) is 10.8. The fourth-order valence-electron chi connectivity index (χ4n) is 6.33. The Morgan fingerprint density at radius 1 is 0.844 bits per heavy atom. The molecule has 2 aliphatic heterocycles. The quantitative estimate of drug-likeness (QED) is 0.164. The van der Waals surface area contributed by atoms with Crippen molar-refractivity contribution in [2.24, 2.45) is 5.92 Å². The average Bonchev–Trinajstić information content (AvgIpc) is 3.05. The molecule has 0 radical (unpaired) electrons. The summed E-state index contributed by atoms with van der Waals surface area (Å²) in [5.41, 5.74) is 1.82. The molecule has 5 rings (SSSR count). The zero-order chi connectivity index (χ0) is 32.0. The number of carbonyl (C=O) groups excluding carboxylic acids is 1. The molecule has 0 amide bonds. The van der Waals surface area contributed by atoms with Gasteiger partial charge in [-0.2, -0.15) is 0 Å². The zero-order valence-electron chi connectivity index (χ0n) is 26.3. The molecule has 3 aromatic carbocycles. The highest BCUT2D eigenvalue weighted by molar-refractivity contribution is 7.91. The number of carbonyl (C=O) groups is 1. The molecule has 0 saturated carbocycles. The number of ketones is 1. The van der Waals surface area contributed by atoms with Crippen molar-refractivity contribution in [1.82, 2.24) is 14.7 Å². The topological polar surface area (TPSA) is 111 Å². The standard InChI is InChI=1S/C35H45N3O6S/c1-36(2)18-3-23-44-30-8-4-26(5-9-30)25-37-19-16-29(17-20-37)38-21-14-28(15-22-38)35(41)27-6-10-31(11-7-27)45(42,43)32-12-13-33(39)34(40)24-32/h4-13,24,28-29,39-40H,3,14-23,25H2,1-2H3. The van der Waals surface area contributed by atoms with Gasteiger partial charge in [-0.25, -0.2) is 8.42 Å². The summed E-state index contributed by atoms with van der Waals surface area (Å²) in [4.78, 5) is 20.4. The van der Waals surface area contributed by atoms with Gasteiger partial charge in [0.25, 0.3) is 0 Å². The number of phenols is 2. The van der Waals surface area contributed by atoms with Gasteiger partial charge in [0.15, 0.2) is 17.3 Å². The second-order valence-corrected chi connectivity index (χ2v) is 14.5. The SMILES string of the molecule is CN(C)CCCOc1ccc(CN2CCC(N3CCC(C(=O)c4ccc(S(=O)(=O)c5ccc(O)c(O)c5)cc4)CC3)CC2)cc1. The van der Waals surface area contributed by atoms with Crippen LogP contribution in [0, 0.1) is 5.92 Å². The molecule has 0 bridgehead atoms. The Balaban J connectivity index is 1.05. The molecule has 0 aromatic heterocycles. The van der Waals surface area contributed by atoms with Crippen LogP contribution in [0.2, 0.25) is 0 Å². The molecule has 0 atom stereocenters.